The minimum Gasteiger partial charge on any atom is -0.366 e. The highest BCUT2D eigenvalue weighted by molar-refractivity contribution is 7.12. The molecule has 3 heteroatoms. The Hall–Kier alpha value is -1.32. The van der Waals surface area contributed by atoms with Gasteiger partial charge in [-0.25, -0.2) is 0 Å². The summed E-state index contributed by atoms with van der Waals surface area (Å²) in [4.78, 5) is 5.46. The number of aryl methyl sites for hydroxylation is 1. The van der Waals surface area contributed by atoms with Gasteiger partial charge in [-0.1, -0.05) is 25.1 Å². The highest BCUT2D eigenvalue weighted by Crippen LogP contribution is 2.29. The number of thiophene rings is 1. The van der Waals surface area contributed by atoms with Crippen LogP contribution in [-0.4, -0.2) is 13.1 Å². The fourth-order valence-electron chi connectivity index (χ4n) is 2.95. The smallest absolute Gasteiger partial charge is 0.0523 e. The predicted molar refractivity (Wildman–Crippen MR) is 92.1 cm³/mol. The lowest BCUT2D eigenvalue weighted by Gasteiger charge is -2.30. The van der Waals surface area contributed by atoms with Crippen LogP contribution in [0.2, 0.25) is 0 Å². The van der Waals surface area contributed by atoms with Crippen LogP contribution in [0.3, 0.4) is 0 Å². The van der Waals surface area contributed by atoms with Crippen molar-refractivity contribution in [2.45, 2.75) is 39.3 Å². The van der Waals surface area contributed by atoms with Gasteiger partial charge in [-0.2, -0.15) is 0 Å². The van der Waals surface area contributed by atoms with Crippen LogP contribution in [0.1, 0.15) is 35.1 Å². The summed E-state index contributed by atoms with van der Waals surface area (Å²) in [6.45, 7) is 6.55. The van der Waals surface area contributed by atoms with Gasteiger partial charge in [0.2, 0.25) is 0 Å². The Balaban J connectivity index is 1.65. The number of hydrogen-bond donors (Lipinski definition) is 1. The summed E-state index contributed by atoms with van der Waals surface area (Å²) in [5.74, 6) is 0. The van der Waals surface area contributed by atoms with Gasteiger partial charge in [-0.3, -0.25) is 0 Å². The van der Waals surface area contributed by atoms with E-state index in [9.17, 15) is 0 Å². The molecule has 0 radical (unpaired) electrons. The summed E-state index contributed by atoms with van der Waals surface area (Å²) >= 11 is 1.95. The highest BCUT2D eigenvalue weighted by atomic mass is 32.1. The molecular weight excluding hydrogens is 276 g/mol. The quantitative estimate of drug-likeness (QED) is 0.804. The molecule has 0 amide bonds. The fraction of sp³-hybridized carbons (Fsp3) is 0.444. The van der Waals surface area contributed by atoms with Gasteiger partial charge in [-0.15, -0.1) is 11.3 Å². The predicted octanol–water partition coefficient (Wildman–Crippen LogP) is 4.20. The SMILES string of the molecule is CCCNCc1ccc(CN2CCCc3ccccc32)s1. The molecule has 0 fully saturated rings. The van der Waals surface area contributed by atoms with Crippen molar-refractivity contribution in [2.75, 3.05) is 18.0 Å². The fourth-order valence-corrected chi connectivity index (χ4v) is 3.96. The molecule has 2 aromatic rings. The van der Waals surface area contributed by atoms with Crippen molar-refractivity contribution in [3.8, 4) is 0 Å². The minimum absolute atomic E-state index is 1.01. The van der Waals surface area contributed by atoms with E-state index in [4.69, 9.17) is 0 Å². The number of hydrogen-bond acceptors (Lipinski definition) is 3. The third kappa shape index (κ3) is 3.66. The molecule has 0 bridgehead atoms. The van der Waals surface area contributed by atoms with Gasteiger partial charge < -0.3 is 10.2 Å². The van der Waals surface area contributed by atoms with Gasteiger partial charge in [0.15, 0.2) is 0 Å². The third-order valence-corrected chi connectivity index (χ3v) is 5.07. The number of rotatable bonds is 6. The molecular formula is C18H24N2S. The largest absolute Gasteiger partial charge is 0.366 e. The van der Waals surface area contributed by atoms with E-state index >= 15 is 0 Å². The van der Waals surface area contributed by atoms with Crippen LogP contribution < -0.4 is 10.2 Å². The monoisotopic (exact) mass is 300 g/mol. The van der Waals surface area contributed by atoms with E-state index in [0.717, 1.165) is 19.6 Å². The van der Waals surface area contributed by atoms with E-state index in [1.54, 1.807) is 0 Å². The second-order valence-corrected chi connectivity index (χ2v) is 6.95. The second kappa shape index (κ2) is 7.10. The van der Waals surface area contributed by atoms with Crippen molar-refractivity contribution in [1.82, 2.24) is 5.32 Å². The van der Waals surface area contributed by atoms with Crippen LogP contribution in [0.4, 0.5) is 5.69 Å². The average Bonchev–Trinajstić information content (AvgIpc) is 2.96. The van der Waals surface area contributed by atoms with Crippen LogP contribution >= 0.6 is 11.3 Å². The van der Waals surface area contributed by atoms with Crippen molar-refractivity contribution in [3.05, 3.63) is 51.7 Å². The lowest BCUT2D eigenvalue weighted by Crippen LogP contribution is -2.28. The minimum atomic E-state index is 1.01. The van der Waals surface area contributed by atoms with Crippen molar-refractivity contribution < 1.29 is 0 Å². The van der Waals surface area contributed by atoms with Crippen molar-refractivity contribution in [1.29, 1.82) is 0 Å². The number of para-hydroxylation sites is 1. The first kappa shape index (κ1) is 14.6. The Morgan fingerprint density at radius 2 is 2.00 bits per heavy atom. The van der Waals surface area contributed by atoms with Crippen LogP contribution in [0, 0.1) is 0 Å². The molecule has 112 valence electrons. The van der Waals surface area contributed by atoms with Crippen LogP contribution in [0.5, 0.6) is 0 Å². The molecule has 0 saturated carbocycles. The standard InChI is InChI=1S/C18H24N2S/c1-2-11-19-13-16-9-10-17(21-16)14-20-12-5-7-15-6-3-4-8-18(15)20/h3-4,6,8-10,19H,2,5,7,11-14H2,1H3. The molecule has 2 nitrogen and oxygen atoms in total. The summed E-state index contributed by atoms with van der Waals surface area (Å²) in [5.41, 5.74) is 2.94. The van der Waals surface area contributed by atoms with Gasteiger partial charge in [-0.05, 0) is 49.6 Å². The van der Waals surface area contributed by atoms with Crippen molar-refractivity contribution in [2.24, 2.45) is 0 Å². The van der Waals surface area contributed by atoms with E-state index in [2.05, 4.69) is 53.5 Å². The molecule has 1 N–H and O–H groups in total. The summed E-state index contributed by atoms with van der Waals surface area (Å²) in [7, 11) is 0. The molecule has 0 spiro atoms. The Labute approximate surface area is 131 Å². The molecule has 0 aliphatic carbocycles. The maximum Gasteiger partial charge on any atom is 0.0523 e. The first-order valence-electron chi connectivity index (χ1n) is 7.98. The number of anilines is 1. The molecule has 21 heavy (non-hydrogen) atoms. The number of benzene rings is 1. The van der Waals surface area contributed by atoms with E-state index in [-0.39, 0.29) is 0 Å². The summed E-state index contributed by atoms with van der Waals surface area (Å²) in [6.07, 6.45) is 3.69. The summed E-state index contributed by atoms with van der Waals surface area (Å²) in [5, 5.41) is 3.48. The average molecular weight is 300 g/mol. The molecule has 1 aliphatic rings. The normalized spacial score (nSPS) is 14.2. The molecule has 2 heterocycles. The van der Waals surface area contributed by atoms with Gasteiger partial charge in [0.25, 0.3) is 0 Å². The lowest BCUT2D eigenvalue weighted by atomic mass is 10.0. The van der Waals surface area contributed by atoms with Crippen molar-refractivity contribution in [3.63, 3.8) is 0 Å². The third-order valence-electron chi connectivity index (χ3n) is 4.00. The summed E-state index contributed by atoms with van der Waals surface area (Å²) < 4.78 is 0. The van der Waals surface area contributed by atoms with E-state index in [1.165, 1.54) is 46.8 Å². The molecule has 1 aromatic carbocycles. The first-order valence-corrected chi connectivity index (χ1v) is 8.79. The Morgan fingerprint density at radius 3 is 2.90 bits per heavy atom. The van der Waals surface area contributed by atoms with E-state index < -0.39 is 0 Å². The van der Waals surface area contributed by atoms with Crippen LogP contribution in [0.15, 0.2) is 36.4 Å². The Morgan fingerprint density at radius 1 is 1.14 bits per heavy atom. The molecule has 1 aliphatic heterocycles. The van der Waals surface area contributed by atoms with Gasteiger partial charge in [0.05, 0.1) is 6.54 Å². The maximum atomic E-state index is 3.48. The molecule has 0 saturated heterocycles. The zero-order chi connectivity index (χ0) is 14.5. The van der Waals surface area contributed by atoms with Crippen LogP contribution in [0.25, 0.3) is 0 Å². The molecule has 3 rings (SSSR count). The van der Waals surface area contributed by atoms with E-state index in [1.807, 2.05) is 11.3 Å². The highest BCUT2D eigenvalue weighted by Gasteiger charge is 2.16. The zero-order valence-electron chi connectivity index (χ0n) is 12.8. The first-order chi connectivity index (χ1) is 10.4. The van der Waals surface area contributed by atoms with Gasteiger partial charge in [0.1, 0.15) is 0 Å². The van der Waals surface area contributed by atoms with Gasteiger partial charge in [0, 0.05) is 28.5 Å². The number of nitrogens with one attached hydrogen (secondary N) is 1. The lowest BCUT2D eigenvalue weighted by molar-refractivity contribution is 0.681. The molecule has 0 unspecified atom stereocenters. The van der Waals surface area contributed by atoms with Crippen molar-refractivity contribution >= 4 is 17.0 Å². The van der Waals surface area contributed by atoms with Gasteiger partial charge >= 0.3 is 0 Å². The molecule has 1 aromatic heterocycles. The number of fused-ring (bicyclic) bond motifs is 1. The Bertz CT molecular complexity index is 576. The summed E-state index contributed by atoms with van der Waals surface area (Å²) in [6, 6.07) is 13.4. The topological polar surface area (TPSA) is 15.3 Å². The van der Waals surface area contributed by atoms with Crippen LogP contribution in [-0.2, 0) is 19.5 Å². The number of nitrogens with zero attached hydrogens (tertiary/aromatic N) is 1. The second-order valence-electron chi connectivity index (χ2n) is 5.70. The molecule has 0 atom stereocenters. The zero-order valence-corrected chi connectivity index (χ0v) is 13.6. The Kier molecular flexibility index (Phi) is 4.94. The van der Waals surface area contributed by atoms with E-state index in [0.29, 0.717) is 0 Å². The maximum absolute atomic E-state index is 3.48.